The monoisotopic (exact) mass is 429 g/mol. The number of nitrogens with zero attached hydrogens (tertiary/aromatic N) is 3. The van der Waals surface area contributed by atoms with Gasteiger partial charge >= 0.3 is 0 Å². The molecule has 2 heterocycles. The van der Waals surface area contributed by atoms with Crippen LogP contribution in [-0.2, 0) is 13.0 Å². The van der Waals surface area contributed by atoms with Crippen molar-refractivity contribution in [2.75, 3.05) is 0 Å². The number of aromatic nitrogens is 3. The van der Waals surface area contributed by atoms with Crippen LogP contribution in [0.3, 0.4) is 0 Å². The quantitative estimate of drug-likeness (QED) is 0.424. The summed E-state index contributed by atoms with van der Waals surface area (Å²) < 4.78 is 8.61. The number of hydrogen-bond donors (Lipinski definition) is 0. The van der Waals surface area contributed by atoms with Gasteiger partial charge in [-0.1, -0.05) is 45.4 Å². The number of aryl methyl sites for hydroxylation is 3. The van der Waals surface area contributed by atoms with E-state index in [0.717, 1.165) is 46.0 Å². The van der Waals surface area contributed by atoms with Gasteiger partial charge < -0.3 is 8.99 Å². The Morgan fingerprint density at radius 1 is 1.10 bits per heavy atom. The predicted octanol–water partition coefficient (Wildman–Crippen LogP) is 6.70. The zero-order valence-corrected chi connectivity index (χ0v) is 20.6. The van der Waals surface area contributed by atoms with Crippen LogP contribution in [0.4, 0.5) is 0 Å². The van der Waals surface area contributed by atoms with Crippen molar-refractivity contribution in [3.05, 3.63) is 51.9 Å². The molecule has 3 aromatic rings. The first kappa shape index (κ1) is 21.8. The van der Waals surface area contributed by atoms with E-state index < -0.39 is 8.32 Å². The molecule has 6 heteroatoms. The lowest BCUT2D eigenvalue weighted by Crippen LogP contribution is -2.43. The normalized spacial score (nSPS) is 12.6. The van der Waals surface area contributed by atoms with Crippen molar-refractivity contribution in [2.24, 2.45) is 0 Å². The SMILES string of the molecule is CCc1nc2c(C)cc(C)nc2n1Cc1ccc(O[Si](C)(C)C(C)(C)C)c(Cl)c1. The van der Waals surface area contributed by atoms with Gasteiger partial charge in [-0.2, -0.15) is 0 Å². The van der Waals surface area contributed by atoms with E-state index in [-0.39, 0.29) is 5.04 Å². The Hall–Kier alpha value is -1.85. The molecule has 4 nitrogen and oxygen atoms in total. The number of pyridine rings is 1. The van der Waals surface area contributed by atoms with Crippen LogP contribution < -0.4 is 4.43 Å². The Balaban J connectivity index is 1.95. The average Bonchev–Trinajstić information content (AvgIpc) is 2.94. The molecular weight excluding hydrogens is 398 g/mol. The molecule has 0 N–H and O–H groups in total. The van der Waals surface area contributed by atoms with E-state index in [1.54, 1.807) is 0 Å². The van der Waals surface area contributed by atoms with Gasteiger partial charge in [0.2, 0.25) is 0 Å². The van der Waals surface area contributed by atoms with Crippen molar-refractivity contribution in [1.82, 2.24) is 14.5 Å². The minimum atomic E-state index is -1.93. The van der Waals surface area contributed by atoms with Gasteiger partial charge in [0.05, 0.1) is 11.6 Å². The molecule has 0 spiro atoms. The molecule has 156 valence electrons. The number of rotatable bonds is 5. The number of benzene rings is 1. The maximum atomic E-state index is 6.62. The molecule has 0 saturated heterocycles. The number of imidazole rings is 1. The van der Waals surface area contributed by atoms with Crippen LogP contribution in [0.25, 0.3) is 11.2 Å². The van der Waals surface area contributed by atoms with Crippen molar-refractivity contribution in [2.45, 2.75) is 72.6 Å². The summed E-state index contributed by atoms with van der Waals surface area (Å²) in [5.74, 6) is 1.82. The summed E-state index contributed by atoms with van der Waals surface area (Å²) >= 11 is 6.62. The lowest BCUT2D eigenvalue weighted by molar-refractivity contribution is 0.492. The molecule has 0 aliphatic rings. The molecule has 0 saturated carbocycles. The molecule has 1 aromatic carbocycles. The van der Waals surface area contributed by atoms with Crippen LogP contribution in [0.2, 0.25) is 23.2 Å². The van der Waals surface area contributed by atoms with Crippen molar-refractivity contribution < 1.29 is 4.43 Å². The summed E-state index contributed by atoms with van der Waals surface area (Å²) in [7, 11) is -1.93. The zero-order valence-electron chi connectivity index (χ0n) is 18.9. The van der Waals surface area contributed by atoms with E-state index in [1.165, 1.54) is 0 Å². The van der Waals surface area contributed by atoms with Crippen LogP contribution >= 0.6 is 11.6 Å². The lowest BCUT2D eigenvalue weighted by Gasteiger charge is -2.36. The molecule has 0 radical (unpaired) electrons. The summed E-state index contributed by atoms with van der Waals surface area (Å²) in [6, 6.07) is 8.20. The molecule has 3 rings (SSSR count). The third-order valence-electron chi connectivity index (χ3n) is 5.93. The van der Waals surface area contributed by atoms with Gasteiger partial charge in [-0.3, -0.25) is 0 Å². The van der Waals surface area contributed by atoms with Gasteiger partial charge in [-0.05, 0) is 61.3 Å². The third kappa shape index (κ3) is 4.36. The summed E-state index contributed by atoms with van der Waals surface area (Å²) in [6.07, 6.45) is 0.856. The van der Waals surface area contributed by atoms with E-state index in [0.29, 0.717) is 11.6 Å². The van der Waals surface area contributed by atoms with Crippen LogP contribution in [0.15, 0.2) is 24.3 Å². The second kappa shape index (κ2) is 7.76. The summed E-state index contributed by atoms with van der Waals surface area (Å²) in [5, 5.41) is 0.789. The minimum Gasteiger partial charge on any atom is -0.543 e. The summed E-state index contributed by atoms with van der Waals surface area (Å²) in [4.78, 5) is 9.60. The molecule has 0 fully saturated rings. The fraction of sp³-hybridized carbons (Fsp3) is 0.478. The van der Waals surface area contributed by atoms with Crippen LogP contribution in [0.5, 0.6) is 5.75 Å². The van der Waals surface area contributed by atoms with E-state index in [4.69, 9.17) is 26.0 Å². The second-order valence-electron chi connectivity index (χ2n) is 9.35. The number of hydrogen-bond acceptors (Lipinski definition) is 3. The molecule has 0 aliphatic carbocycles. The van der Waals surface area contributed by atoms with E-state index >= 15 is 0 Å². The third-order valence-corrected chi connectivity index (χ3v) is 10.6. The van der Waals surface area contributed by atoms with Crippen molar-refractivity contribution >= 4 is 31.1 Å². The van der Waals surface area contributed by atoms with Gasteiger partial charge in [0.15, 0.2) is 5.65 Å². The van der Waals surface area contributed by atoms with Crippen LogP contribution in [-0.4, -0.2) is 22.9 Å². The Bertz CT molecular complexity index is 1050. The molecular formula is C23H32ClN3OSi. The van der Waals surface area contributed by atoms with Crippen molar-refractivity contribution in [1.29, 1.82) is 0 Å². The standard InChI is InChI=1S/C23H32ClN3OSi/c1-9-20-26-21-15(2)12-16(3)25-22(21)27(20)14-17-10-11-19(18(24)13-17)28-29(7,8)23(4,5)6/h10-13H,9,14H2,1-8H3. The lowest BCUT2D eigenvalue weighted by atomic mass is 10.2. The topological polar surface area (TPSA) is 39.9 Å². The Labute approximate surface area is 180 Å². The van der Waals surface area contributed by atoms with Crippen molar-refractivity contribution in [3.8, 4) is 5.75 Å². The molecule has 0 unspecified atom stereocenters. The highest BCUT2D eigenvalue weighted by Gasteiger charge is 2.39. The first-order valence-electron chi connectivity index (χ1n) is 10.2. The highest BCUT2D eigenvalue weighted by Crippen LogP contribution is 2.39. The highest BCUT2D eigenvalue weighted by atomic mass is 35.5. The van der Waals surface area contributed by atoms with Gasteiger partial charge in [0.1, 0.15) is 17.1 Å². The molecule has 0 bridgehead atoms. The molecule has 0 amide bonds. The Morgan fingerprint density at radius 2 is 1.79 bits per heavy atom. The fourth-order valence-electron chi connectivity index (χ4n) is 3.22. The van der Waals surface area contributed by atoms with E-state index in [1.807, 2.05) is 19.1 Å². The van der Waals surface area contributed by atoms with Gasteiger partial charge in [0, 0.05) is 12.1 Å². The average molecular weight is 430 g/mol. The fourth-order valence-corrected chi connectivity index (χ4v) is 4.56. The zero-order chi connectivity index (χ0) is 21.6. The maximum absolute atomic E-state index is 6.62. The van der Waals surface area contributed by atoms with E-state index in [2.05, 4.69) is 64.4 Å². The first-order valence-corrected chi connectivity index (χ1v) is 13.5. The summed E-state index contributed by atoms with van der Waals surface area (Å²) in [5.41, 5.74) is 5.22. The largest absolute Gasteiger partial charge is 0.543 e. The summed E-state index contributed by atoms with van der Waals surface area (Å²) in [6.45, 7) is 18.1. The van der Waals surface area contributed by atoms with Gasteiger partial charge in [-0.25, -0.2) is 9.97 Å². The molecule has 0 atom stereocenters. The smallest absolute Gasteiger partial charge is 0.250 e. The molecule has 29 heavy (non-hydrogen) atoms. The van der Waals surface area contributed by atoms with Crippen molar-refractivity contribution in [3.63, 3.8) is 0 Å². The van der Waals surface area contributed by atoms with Gasteiger partial charge in [0.25, 0.3) is 8.32 Å². The predicted molar refractivity (Wildman–Crippen MR) is 125 cm³/mol. The Morgan fingerprint density at radius 3 is 2.38 bits per heavy atom. The molecule has 2 aromatic heterocycles. The maximum Gasteiger partial charge on any atom is 0.250 e. The Kier molecular flexibility index (Phi) is 5.85. The van der Waals surface area contributed by atoms with Crippen LogP contribution in [0, 0.1) is 13.8 Å². The number of fused-ring (bicyclic) bond motifs is 1. The minimum absolute atomic E-state index is 0.127. The second-order valence-corrected chi connectivity index (χ2v) is 14.5. The molecule has 0 aliphatic heterocycles. The highest BCUT2D eigenvalue weighted by molar-refractivity contribution is 6.74. The van der Waals surface area contributed by atoms with E-state index in [9.17, 15) is 0 Å². The first-order chi connectivity index (χ1) is 13.4. The van der Waals surface area contributed by atoms with Gasteiger partial charge in [-0.15, -0.1) is 0 Å². The number of halogens is 1. The van der Waals surface area contributed by atoms with Crippen LogP contribution in [0.1, 0.15) is 50.3 Å².